The molecule has 5 nitrogen and oxygen atoms in total. The van der Waals surface area contributed by atoms with Gasteiger partial charge in [-0.05, 0) is 36.8 Å². The van der Waals surface area contributed by atoms with E-state index in [0.717, 1.165) is 5.56 Å². The Morgan fingerprint density at radius 3 is 2.26 bits per heavy atom. The Bertz CT molecular complexity index is 901. The third kappa shape index (κ3) is 3.32. The molecule has 1 atom stereocenters. The fourth-order valence-electron chi connectivity index (χ4n) is 2.26. The van der Waals surface area contributed by atoms with E-state index in [1.807, 2.05) is 37.3 Å². The Kier molecular flexibility index (Phi) is 4.00. The summed E-state index contributed by atoms with van der Waals surface area (Å²) in [5.41, 5.74) is 1.81. The van der Waals surface area contributed by atoms with E-state index in [1.165, 1.54) is 6.26 Å². The van der Waals surface area contributed by atoms with Crippen molar-refractivity contribution < 1.29 is 12.9 Å². The van der Waals surface area contributed by atoms with Crippen LogP contribution in [0.2, 0.25) is 0 Å². The molecule has 0 amide bonds. The zero-order valence-electron chi connectivity index (χ0n) is 12.8. The molecule has 23 heavy (non-hydrogen) atoms. The van der Waals surface area contributed by atoms with Crippen LogP contribution in [0.15, 0.2) is 64.0 Å². The molecule has 1 heterocycles. The number of benzene rings is 2. The van der Waals surface area contributed by atoms with Crippen molar-refractivity contribution in [1.82, 2.24) is 10.1 Å². The molecular formula is C17H16N2O3S. The third-order valence-corrected chi connectivity index (χ3v) is 4.78. The molecule has 0 aliphatic carbocycles. The zero-order chi connectivity index (χ0) is 16.4. The van der Waals surface area contributed by atoms with Crippen molar-refractivity contribution in [2.75, 3.05) is 6.26 Å². The van der Waals surface area contributed by atoms with Crippen molar-refractivity contribution in [2.45, 2.75) is 17.7 Å². The van der Waals surface area contributed by atoms with Gasteiger partial charge in [-0.25, -0.2) is 8.42 Å². The van der Waals surface area contributed by atoms with E-state index < -0.39 is 9.84 Å². The van der Waals surface area contributed by atoms with Crippen LogP contribution in [0.5, 0.6) is 0 Å². The van der Waals surface area contributed by atoms with Crippen LogP contribution in [-0.2, 0) is 9.84 Å². The molecule has 0 fully saturated rings. The molecule has 0 aliphatic rings. The van der Waals surface area contributed by atoms with Crippen LogP contribution >= 0.6 is 0 Å². The average molecular weight is 328 g/mol. The van der Waals surface area contributed by atoms with E-state index in [-0.39, 0.29) is 10.8 Å². The maximum atomic E-state index is 11.5. The molecule has 0 bridgehead atoms. The summed E-state index contributed by atoms with van der Waals surface area (Å²) in [7, 11) is -3.21. The third-order valence-electron chi connectivity index (χ3n) is 3.65. The molecule has 1 aromatic heterocycles. The van der Waals surface area contributed by atoms with Crippen molar-refractivity contribution in [3.8, 4) is 11.4 Å². The van der Waals surface area contributed by atoms with Crippen LogP contribution in [0.1, 0.15) is 24.3 Å². The monoisotopic (exact) mass is 328 g/mol. The summed E-state index contributed by atoms with van der Waals surface area (Å²) in [6.45, 7) is 2.00. The van der Waals surface area contributed by atoms with Crippen molar-refractivity contribution in [2.24, 2.45) is 0 Å². The van der Waals surface area contributed by atoms with Gasteiger partial charge in [0.15, 0.2) is 9.84 Å². The second kappa shape index (κ2) is 5.96. The van der Waals surface area contributed by atoms with Gasteiger partial charge < -0.3 is 4.52 Å². The Labute approximate surface area is 134 Å². The molecule has 0 radical (unpaired) electrons. The zero-order valence-corrected chi connectivity index (χ0v) is 13.6. The maximum absolute atomic E-state index is 11.5. The van der Waals surface area contributed by atoms with Gasteiger partial charge in [0.25, 0.3) is 0 Å². The molecule has 1 unspecified atom stereocenters. The van der Waals surface area contributed by atoms with E-state index in [0.29, 0.717) is 17.3 Å². The Morgan fingerprint density at radius 2 is 1.65 bits per heavy atom. The summed E-state index contributed by atoms with van der Waals surface area (Å²) < 4.78 is 28.3. The molecule has 6 heteroatoms. The van der Waals surface area contributed by atoms with Gasteiger partial charge in [0, 0.05) is 11.8 Å². The first-order valence-corrected chi connectivity index (χ1v) is 9.03. The topological polar surface area (TPSA) is 73.1 Å². The van der Waals surface area contributed by atoms with E-state index in [2.05, 4.69) is 10.1 Å². The minimum atomic E-state index is -3.21. The lowest BCUT2D eigenvalue weighted by molar-refractivity contribution is 0.371. The Hall–Kier alpha value is -2.47. The van der Waals surface area contributed by atoms with Crippen LogP contribution < -0.4 is 0 Å². The lowest BCUT2D eigenvalue weighted by Gasteiger charge is -2.05. The van der Waals surface area contributed by atoms with Crippen molar-refractivity contribution in [3.05, 3.63) is 66.1 Å². The summed E-state index contributed by atoms with van der Waals surface area (Å²) in [5, 5.41) is 3.99. The SMILES string of the molecule is CC(c1ccccc1)c1nc(-c2ccc(S(C)(=O)=O)cc2)no1. The predicted molar refractivity (Wildman–Crippen MR) is 86.8 cm³/mol. The Balaban J connectivity index is 1.87. The number of aromatic nitrogens is 2. The van der Waals surface area contributed by atoms with Crippen LogP contribution in [-0.4, -0.2) is 24.8 Å². The van der Waals surface area contributed by atoms with Crippen LogP contribution in [0.25, 0.3) is 11.4 Å². The molecule has 3 aromatic rings. The summed E-state index contributed by atoms with van der Waals surface area (Å²) in [5.74, 6) is 0.967. The van der Waals surface area contributed by atoms with Crippen molar-refractivity contribution >= 4 is 9.84 Å². The van der Waals surface area contributed by atoms with Gasteiger partial charge in [0.1, 0.15) is 0 Å². The molecule has 0 N–H and O–H groups in total. The number of hydrogen-bond donors (Lipinski definition) is 0. The van der Waals surface area contributed by atoms with Gasteiger partial charge in [-0.15, -0.1) is 0 Å². The van der Waals surface area contributed by atoms with Gasteiger partial charge >= 0.3 is 0 Å². The highest BCUT2D eigenvalue weighted by atomic mass is 32.2. The molecule has 0 saturated heterocycles. The normalized spacial score (nSPS) is 13.0. The highest BCUT2D eigenvalue weighted by molar-refractivity contribution is 7.90. The molecule has 0 saturated carbocycles. The lowest BCUT2D eigenvalue weighted by atomic mass is 10.0. The second-order valence-corrected chi connectivity index (χ2v) is 7.40. The highest BCUT2D eigenvalue weighted by Crippen LogP contribution is 2.25. The maximum Gasteiger partial charge on any atom is 0.234 e. The van der Waals surface area contributed by atoms with E-state index >= 15 is 0 Å². The van der Waals surface area contributed by atoms with Crippen LogP contribution in [0.4, 0.5) is 0 Å². The van der Waals surface area contributed by atoms with Crippen molar-refractivity contribution in [3.63, 3.8) is 0 Å². The second-order valence-electron chi connectivity index (χ2n) is 5.39. The van der Waals surface area contributed by atoms with Gasteiger partial charge in [-0.1, -0.05) is 35.5 Å². The van der Waals surface area contributed by atoms with Crippen LogP contribution in [0, 0.1) is 0 Å². The minimum absolute atomic E-state index is 0.00672. The largest absolute Gasteiger partial charge is 0.338 e. The van der Waals surface area contributed by atoms with Crippen molar-refractivity contribution in [1.29, 1.82) is 0 Å². The molecular weight excluding hydrogens is 312 g/mol. The van der Waals surface area contributed by atoms with E-state index in [9.17, 15) is 8.42 Å². The predicted octanol–water partition coefficient (Wildman–Crippen LogP) is 3.29. The minimum Gasteiger partial charge on any atom is -0.338 e. The van der Waals surface area contributed by atoms with Gasteiger partial charge in [0.2, 0.25) is 11.7 Å². The summed E-state index contributed by atoms with van der Waals surface area (Å²) in [6.07, 6.45) is 1.18. The van der Waals surface area contributed by atoms with Gasteiger partial charge in [0.05, 0.1) is 10.8 Å². The summed E-state index contributed by atoms with van der Waals surface area (Å²) in [6, 6.07) is 16.3. The quantitative estimate of drug-likeness (QED) is 0.735. The number of hydrogen-bond acceptors (Lipinski definition) is 5. The first kappa shape index (κ1) is 15.4. The van der Waals surface area contributed by atoms with Crippen LogP contribution in [0.3, 0.4) is 0 Å². The Morgan fingerprint density at radius 1 is 1.00 bits per heavy atom. The van der Waals surface area contributed by atoms with Gasteiger partial charge in [-0.3, -0.25) is 0 Å². The fourth-order valence-corrected chi connectivity index (χ4v) is 2.89. The molecule has 2 aromatic carbocycles. The number of rotatable bonds is 4. The lowest BCUT2D eigenvalue weighted by Crippen LogP contribution is -1.97. The number of nitrogens with zero attached hydrogens (tertiary/aromatic N) is 2. The van der Waals surface area contributed by atoms with Gasteiger partial charge in [-0.2, -0.15) is 4.98 Å². The molecule has 118 valence electrons. The molecule has 0 spiro atoms. The summed E-state index contributed by atoms with van der Waals surface area (Å²) >= 11 is 0. The van der Waals surface area contributed by atoms with E-state index in [4.69, 9.17) is 4.52 Å². The first-order valence-electron chi connectivity index (χ1n) is 7.14. The number of sulfone groups is 1. The molecule has 0 aliphatic heterocycles. The molecule has 3 rings (SSSR count). The smallest absolute Gasteiger partial charge is 0.234 e. The fraction of sp³-hybridized carbons (Fsp3) is 0.176. The first-order chi connectivity index (χ1) is 10.9. The average Bonchev–Trinajstić information content (AvgIpc) is 3.04. The van der Waals surface area contributed by atoms with E-state index in [1.54, 1.807) is 24.3 Å². The standard InChI is InChI=1S/C17H16N2O3S/c1-12(13-6-4-3-5-7-13)17-18-16(19-22-17)14-8-10-15(11-9-14)23(2,20)21/h3-12H,1-2H3. The summed E-state index contributed by atoms with van der Waals surface area (Å²) in [4.78, 5) is 4.69. The highest BCUT2D eigenvalue weighted by Gasteiger charge is 2.17.